The van der Waals surface area contributed by atoms with Crippen molar-refractivity contribution < 1.29 is 4.39 Å². The Hall–Kier alpha value is -0.370. The summed E-state index contributed by atoms with van der Waals surface area (Å²) in [5.74, 6) is 0.0755. The maximum atomic E-state index is 12.9. The molecule has 0 bridgehead atoms. The second kappa shape index (κ2) is 2.31. The predicted octanol–water partition coefficient (Wildman–Crippen LogP) is 2.10. The molecule has 0 radical (unpaired) electrons. The van der Waals surface area contributed by atoms with Crippen LogP contribution in [0.5, 0.6) is 0 Å². The first-order valence-electron chi connectivity index (χ1n) is 4.39. The average molecular weight is 155 g/mol. The summed E-state index contributed by atoms with van der Waals surface area (Å²) >= 11 is 0. The Morgan fingerprint density at radius 1 is 1.73 bits per heavy atom. The minimum absolute atomic E-state index is 0.0755. The molecule has 0 N–H and O–H groups in total. The smallest absolute Gasteiger partial charge is 0.112 e. The SMILES string of the molecule is CC[C@]12C=C(F)CN1CCC2. The second-order valence-corrected chi connectivity index (χ2v) is 3.57. The summed E-state index contributed by atoms with van der Waals surface area (Å²) in [6.45, 7) is 3.79. The van der Waals surface area contributed by atoms with Crippen molar-refractivity contribution in [3.8, 4) is 0 Å². The maximum absolute atomic E-state index is 12.9. The van der Waals surface area contributed by atoms with Crippen molar-refractivity contribution >= 4 is 0 Å². The normalized spacial score (nSPS) is 37.5. The van der Waals surface area contributed by atoms with E-state index in [9.17, 15) is 4.39 Å². The molecule has 1 atom stereocenters. The topological polar surface area (TPSA) is 3.24 Å². The molecule has 1 saturated heterocycles. The number of hydrogen-bond donors (Lipinski definition) is 0. The highest BCUT2D eigenvalue weighted by atomic mass is 19.1. The first-order valence-corrected chi connectivity index (χ1v) is 4.39. The van der Waals surface area contributed by atoms with E-state index in [0.717, 1.165) is 19.4 Å². The fourth-order valence-corrected chi connectivity index (χ4v) is 2.38. The van der Waals surface area contributed by atoms with Crippen LogP contribution in [0.4, 0.5) is 4.39 Å². The van der Waals surface area contributed by atoms with Crippen molar-refractivity contribution in [2.24, 2.45) is 0 Å². The van der Waals surface area contributed by atoms with Crippen LogP contribution in [-0.2, 0) is 0 Å². The zero-order chi connectivity index (χ0) is 7.90. The van der Waals surface area contributed by atoms with Crippen LogP contribution >= 0.6 is 0 Å². The number of fused-ring (bicyclic) bond motifs is 1. The van der Waals surface area contributed by atoms with Crippen molar-refractivity contribution in [2.75, 3.05) is 13.1 Å². The molecular weight excluding hydrogens is 141 g/mol. The first-order chi connectivity index (χ1) is 5.27. The zero-order valence-corrected chi connectivity index (χ0v) is 6.94. The highest BCUT2D eigenvalue weighted by Crippen LogP contribution is 2.39. The summed E-state index contributed by atoms with van der Waals surface area (Å²) in [4.78, 5) is 2.27. The monoisotopic (exact) mass is 155 g/mol. The molecule has 1 nitrogen and oxygen atoms in total. The van der Waals surface area contributed by atoms with Gasteiger partial charge in [0.05, 0.1) is 6.54 Å². The summed E-state index contributed by atoms with van der Waals surface area (Å²) in [5.41, 5.74) is 0.115. The molecular formula is C9H14FN. The van der Waals surface area contributed by atoms with Gasteiger partial charge in [-0.1, -0.05) is 6.92 Å². The van der Waals surface area contributed by atoms with Gasteiger partial charge in [-0.25, -0.2) is 4.39 Å². The molecule has 0 spiro atoms. The number of hydrogen-bond acceptors (Lipinski definition) is 1. The molecule has 0 aliphatic carbocycles. The van der Waals surface area contributed by atoms with Gasteiger partial charge in [0.2, 0.25) is 0 Å². The third-order valence-electron chi connectivity index (χ3n) is 3.05. The highest BCUT2D eigenvalue weighted by Gasteiger charge is 2.42. The Bertz CT molecular complexity index is 200. The lowest BCUT2D eigenvalue weighted by Crippen LogP contribution is -2.37. The predicted molar refractivity (Wildman–Crippen MR) is 43.0 cm³/mol. The van der Waals surface area contributed by atoms with Gasteiger partial charge in [-0.2, -0.15) is 0 Å². The number of nitrogens with zero attached hydrogens (tertiary/aromatic N) is 1. The van der Waals surface area contributed by atoms with E-state index in [4.69, 9.17) is 0 Å². The summed E-state index contributed by atoms with van der Waals surface area (Å²) in [6.07, 6.45) is 5.27. The van der Waals surface area contributed by atoms with E-state index >= 15 is 0 Å². The van der Waals surface area contributed by atoms with Crippen molar-refractivity contribution in [2.45, 2.75) is 31.7 Å². The van der Waals surface area contributed by atoms with Crippen molar-refractivity contribution in [3.05, 3.63) is 11.9 Å². The lowest BCUT2D eigenvalue weighted by Gasteiger charge is -2.29. The molecule has 1 fully saturated rings. The Morgan fingerprint density at radius 2 is 2.55 bits per heavy atom. The molecule has 0 aromatic heterocycles. The van der Waals surface area contributed by atoms with Crippen LogP contribution in [0.1, 0.15) is 26.2 Å². The molecule has 2 heteroatoms. The molecule has 2 aliphatic rings. The van der Waals surface area contributed by atoms with Gasteiger partial charge in [0.1, 0.15) is 5.83 Å². The van der Waals surface area contributed by atoms with Gasteiger partial charge in [0.15, 0.2) is 0 Å². The van der Waals surface area contributed by atoms with Crippen molar-refractivity contribution in [3.63, 3.8) is 0 Å². The van der Waals surface area contributed by atoms with Crippen molar-refractivity contribution in [1.29, 1.82) is 0 Å². The quantitative estimate of drug-likeness (QED) is 0.560. The standard InChI is InChI=1S/C9H14FN/c1-2-9-4-3-5-11(9)7-8(10)6-9/h6H,2-5,7H2,1H3/t9-/m0/s1. The fourth-order valence-electron chi connectivity index (χ4n) is 2.38. The highest BCUT2D eigenvalue weighted by molar-refractivity contribution is 5.21. The lowest BCUT2D eigenvalue weighted by atomic mass is 9.95. The molecule has 0 saturated carbocycles. The molecule has 62 valence electrons. The van der Waals surface area contributed by atoms with Crippen LogP contribution in [0.15, 0.2) is 11.9 Å². The first kappa shape index (κ1) is 7.29. The molecule has 11 heavy (non-hydrogen) atoms. The second-order valence-electron chi connectivity index (χ2n) is 3.57. The van der Waals surface area contributed by atoms with Crippen LogP contribution in [0.2, 0.25) is 0 Å². The van der Waals surface area contributed by atoms with Crippen LogP contribution in [-0.4, -0.2) is 23.5 Å². The fraction of sp³-hybridized carbons (Fsp3) is 0.778. The average Bonchev–Trinajstić information content (AvgIpc) is 2.43. The number of rotatable bonds is 1. The molecule has 2 aliphatic heterocycles. The Kier molecular flexibility index (Phi) is 1.53. The van der Waals surface area contributed by atoms with E-state index in [-0.39, 0.29) is 11.4 Å². The van der Waals surface area contributed by atoms with E-state index in [0.29, 0.717) is 6.54 Å². The molecule has 0 amide bonds. The van der Waals surface area contributed by atoms with Crippen LogP contribution in [0.25, 0.3) is 0 Å². The number of halogens is 1. The van der Waals surface area contributed by atoms with Gasteiger partial charge in [-0.3, -0.25) is 4.90 Å². The molecule has 0 aromatic carbocycles. The van der Waals surface area contributed by atoms with Crippen LogP contribution in [0.3, 0.4) is 0 Å². The zero-order valence-electron chi connectivity index (χ0n) is 6.94. The van der Waals surface area contributed by atoms with Crippen LogP contribution in [0, 0.1) is 0 Å². The van der Waals surface area contributed by atoms with Gasteiger partial charge in [-0.05, 0) is 31.9 Å². The summed E-state index contributed by atoms with van der Waals surface area (Å²) < 4.78 is 12.9. The molecule has 2 rings (SSSR count). The summed E-state index contributed by atoms with van der Waals surface area (Å²) in [7, 11) is 0. The van der Waals surface area contributed by atoms with Gasteiger partial charge in [0, 0.05) is 5.54 Å². The van der Waals surface area contributed by atoms with E-state index in [1.54, 1.807) is 0 Å². The summed E-state index contributed by atoms with van der Waals surface area (Å²) in [6, 6.07) is 0. The molecule has 2 heterocycles. The Balaban J connectivity index is 2.26. The van der Waals surface area contributed by atoms with Crippen LogP contribution < -0.4 is 0 Å². The van der Waals surface area contributed by atoms with E-state index in [1.807, 2.05) is 6.08 Å². The van der Waals surface area contributed by atoms with E-state index in [2.05, 4.69) is 11.8 Å². The van der Waals surface area contributed by atoms with Gasteiger partial charge >= 0.3 is 0 Å². The summed E-state index contributed by atoms with van der Waals surface area (Å²) in [5, 5.41) is 0. The molecule has 0 unspecified atom stereocenters. The third kappa shape index (κ3) is 0.924. The Morgan fingerprint density at radius 3 is 3.18 bits per heavy atom. The Labute approximate surface area is 66.9 Å². The molecule has 0 aromatic rings. The van der Waals surface area contributed by atoms with E-state index < -0.39 is 0 Å². The van der Waals surface area contributed by atoms with E-state index in [1.165, 1.54) is 6.42 Å². The minimum atomic E-state index is 0.0755. The third-order valence-corrected chi connectivity index (χ3v) is 3.05. The lowest BCUT2D eigenvalue weighted by molar-refractivity contribution is 0.214. The maximum Gasteiger partial charge on any atom is 0.112 e. The van der Waals surface area contributed by atoms with Crippen molar-refractivity contribution in [1.82, 2.24) is 4.90 Å². The minimum Gasteiger partial charge on any atom is -0.288 e. The van der Waals surface area contributed by atoms with Gasteiger partial charge in [-0.15, -0.1) is 0 Å². The van der Waals surface area contributed by atoms with Gasteiger partial charge < -0.3 is 0 Å². The largest absolute Gasteiger partial charge is 0.288 e. The van der Waals surface area contributed by atoms with Gasteiger partial charge in [0.25, 0.3) is 0 Å².